The number of ether oxygens (including phenoxy) is 1. The first kappa shape index (κ1) is 10.0. The summed E-state index contributed by atoms with van der Waals surface area (Å²) in [5, 5.41) is 0. The van der Waals surface area contributed by atoms with Crippen LogP contribution in [-0.4, -0.2) is 13.2 Å². The predicted octanol–water partition coefficient (Wildman–Crippen LogP) is 2.16. The largest absolute Gasteiger partial charge is 0.376 e. The van der Waals surface area contributed by atoms with E-state index < -0.39 is 0 Å². The Labute approximate surface area is 68.8 Å². The Morgan fingerprint density at radius 3 is 2.91 bits per heavy atom. The number of hydrogen-bond donors (Lipinski definition) is 0. The van der Waals surface area contributed by atoms with Gasteiger partial charge in [0.25, 0.3) is 0 Å². The third-order valence-corrected chi connectivity index (χ3v) is 1.04. The summed E-state index contributed by atoms with van der Waals surface area (Å²) in [5.74, 6) is 2.51. The Hall–Kier alpha value is -1.00. The van der Waals surface area contributed by atoms with Crippen molar-refractivity contribution in [1.29, 1.82) is 0 Å². The smallest absolute Gasteiger partial charge is 0.0650 e. The topological polar surface area (TPSA) is 9.23 Å². The monoisotopic (exact) mass is 150 g/mol. The zero-order valence-electron chi connectivity index (χ0n) is 6.92. The van der Waals surface area contributed by atoms with Crippen molar-refractivity contribution in [3.8, 4) is 12.3 Å². The van der Waals surface area contributed by atoms with E-state index in [0.29, 0.717) is 19.6 Å². The maximum atomic E-state index is 5.16. The summed E-state index contributed by atoms with van der Waals surface area (Å²) >= 11 is 0. The van der Waals surface area contributed by atoms with E-state index in [1.807, 2.05) is 31.2 Å². The summed E-state index contributed by atoms with van der Waals surface area (Å²) in [4.78, 5) is 0. The average molecular weight is 150 g/mol. The van der Waals surface area contributed by atoms with Crippen LogP contribution < -0.4 is 0 Å². The van der Waals surface area contributed by atoms with Gasteiger partial charge in [-0.2, -0.15) is 0 Å². The molecule has 0 saturated heterocycles. The van der Waals surface area contributed by atoms with Crippen LogP contribution in [0.25, 0.3) is 0 Å². The Balaban J connectivity index is 3.08. The molecule has 0 atom stereocenters. The van der Waals surface area contributed by atoms with Gasteiger partial charge in [0.2, 0.25) is 0 Å². The molecule has 0 saturated carbocycles. The highest BCUT2D eigenvalue weighted by molar-refractivity contribution is 5.00. The molecule has 0 heterocycles. The predicted molar refractivity (Wildman–Crippen MR) is 48.2 cm³/mol. The molecule has 1 nitrogen and oxygen atoms in total. The zero-order chi connectivity index (χ0) is 8.36. The number of terminal acetylenes is 1. The summed E-state index contributed by atoms with van der Waals surface area (Å²) in [5.41, 5.74) is 0. The number of rotatable bonds is 5. The fourth-order valence-electron chi connectivity index (χ4n) is 0.528. The van der Waals surface area contributed by atoms with Crippen LogP contribution in [-0.2, 0) is 4.74 Å². The van der Waals surface area contributed by atoms with E-state index in [9.17, 15) is 0 Å². The molecular weight excluding hydrogens is 136 g/mol. The zero-order valence-corrected chi connectivity index (χ0v) is 6.92. The third-order valence-electron chi connectivity index (χ3n) is 1.04. The first-order valence-electron chi connectivity index (χ1n) is 3.71. The van der Waals surface area contributed by atoms with Crippen molar-refractivity contribution in [3.63, 3.8) is 0 Å². The van der Waals surface area contributed by atoms with Gasteiger partial charge in [-0.05, 0) is 6.92 Å². The van der Waals surface area contributed by atoms with Crippen molar-refractivity contribution in [2.24, 2.45) is 0 Å². The van der Waals surface area contributed by atoms with E-state index in [2.05, 4.69) is 5.92 Å². The lowest BCUT2D eigenvalue weighted by Crippen LogP contribution is -1.91. The van der Waals surface area contributed by atoms with Crippen LogP contribution in [0.5, 0.6) is 0 Å². The lowest BCUT2D eigenvalue weighted by atomic mass is 10.4. The Kier molecular flexibility index (Phi) is 8.18. The van der Waals surface area contributed by atoms with Gasteiger partial charge in [-0.1, -0.05) is 24.3 Å². The van der Waals surface area contributed by atoms with Gasteiger partial charge in [0.05, 0.1) is 13.2 Å². The van der Waals surface area contributed by atoms with E-state index in [1.165, 1.54) is 0 Å². The molecule has 0 radical (unpaired) electrons. The first-order chi connectivity index (χ1) is 5.41. The van der Waals surface area contributed by atoms with Crippen molar-refractivity contribution in [3.05, 3.63) is 24.3 Å². The van der Waals surface area contributed by atoms with Gasteiger partial charge in [0.15, 0.2) is 0 Å². The molecular formula is C10H14O. The standard InChI is InChI=1S/C10H14O/c1-3-5-7-8-10-11-9-6-4-2/h2-3,5,7-8H,6,9-10H2,1H3. The second-order valence-electron chi connectivity index (χ2n) is 1.98. The second-order valence-corrected chi connectivity index (χ2v) is 1.98. The second kappa shape index (κ2) is 9.00. The van der Waals surface area contributed by atoms with E-state index >= 15 is 0 Å². The van der Waals surface area contributed by atoms with Crippen LogP contribution in [0.4, 0.5) is 0 Å². The minimum Gasteiger partial charge on any atom is -0.376 e. The van der Waals surface area contributed by atoms with Gasteiger partial charge in [-0.3, -0.25) is 0 Å². The molecule has 0 aromatic rings. The molecule has 60 valence electrons. The van der Waals surface area contributed by atoms with Gasteiger partial charge in [-0.15, -0.1) is 12.3 Å². The maximum Gasteiger partial charge on any atom is 0.0650 e. The van der Waals surface area contributed by atoms with Crippen molar-refractivity contribution in [2.45, 2.75) is 13.3 Å². The summed E-state index contributed by atoms with van der Waals surface area (Å²) in [7, 11) is 0. The van der Waals surface area contributed by atoms with Crippen LogP contribution in [0.15, 0.2) is 24.3 Å². The molecule has 0 aromatic heterocycles. The fraction of sp³-hybridized carbons (Fsp3) is 0.400. The lowest BCUT2D eigenvalue weighted by Gasteiger charge is -1.93. The molecule has 0 N–H and O–H groups in total. The number of allylic oxidation sites excluding steroid dienone is 3. The Morgan fingerprint density at radius 2 is 2.27 bits per heavy atom. The maximum absolute atomic E-state index is 5.16. The molecule has 0 unspecified atom stereocenters. The van der Waals surface area contributed by atoms with Crippen LogP contribution in [0, 0.1) is 12.3 Å². The van der Waals surface area contributed by atoms with Crippen molar-refractivity contribution >= 4 is 0 Å². The summed E-state index contributed by atoms with van der Waals surface area (Å²) in [6, 6.07) is 0. The molecule has 0 fully saturated rings. The molecule has 11 heavy (non-hydrogen) atoms. The molecule has 0 aliphatic heterocycles. The summed E-state index contributed by atoms with van der Waals surface area (Å²) < 4.78 is 5.16. The van der Waals surface area contributed by atoms with Gasteiger partial charge < -0.3 is 4.74 Å². The van der Waals surface area contributed by atoms with Crippen molar-refractivity contribution < 1.29 is 4.74 Å². The molecule has 0 rings (SSSR count). The summed E-state index contributed by atoms with van der Waals surface area (Å²) in [6.45, 7) is 3.27. The van der Waals surface area contributed by atoms with Crippen LogP contribution in [0.2, 0.25) is 0 Å². The van der Waals surface area contributed by atoms with Crippen molar-refractivity contribution in [2.75, 3.05) is 13.2 Å². The van der Waals surface area contributed by atoms with Gasteiger partial charge in [-0.25, -0.2) is 0 Å². The van der Waals surface area contributed by atoms with Crippen LogP contribution in [0.1, 0.15) is 13.3 Å². The van der Waals surface area contributed by atoms with Crippen molar-refractivity contribution in [1.82, 2.24) is 0 Å². The SMILES string of the molecule is C#CCCOCC=CC=CC. The molecule has 0 aromatic carbocycles. The van der Waals surface area contributed by atoms with Crippen LogP contribution in [0.3, 0.4) is 0 Å². The molecule has 0 aliphatic rings. The highest BCUT2D eigenvalue weighted by atomic mass is 16.5. The normalized spacial score (nSPS) is 10.9. The van der Waals surface area contributed by atoms with Gasteiger partial charge in [0.1, 0.15) is 0 Å². The highest BCUT2D eigenvalue weighted by Crippen LogP contribution is 1.82. The minimum absolute atomic E-state index is 0.645. The van der Waals surface area contributed by atoms with E-state index in [0.717, 1.165) is 0 Å². The minimum atomic E-state index is 0.645. The fourth-order valence-corrected chi connectivity index (χ4v) is 0.528. The molecule has 0 aliphatic carbocycles. The average Bonchev–Trinajstić information content (AvgIpc) is 2.03. The van der Waals surface area contributed by atoms with Crippen LogP contribution >= 0.6 is 0 Å². The summed E-state index contributed by atoms with van der Waals surface area (Å²) in [6.07, 6.45) is 13.6. The molecule has 0 spiro atoms. The lowest BCUT2D eigenvalue weighted by molar-refractivity contribution is 0.169. The molecule has 0 amide bonds. The van der Waals surface area contributed by atoms with Gasteiger partial charge >= 0.3 is 0 Å². The third kappa shape index (κ3) is 9.00. The first-order valence-corrected chi connectivity index (χ1v) is 3.71. The van der Waals surface area contributed by atoms with E-state index in [1.54, 1.807) is 0 Å². The van der Waals surface area contributed by atoms with E-state index in [-0.39, 0.29) is 0 Å². The highest BCUT2D eigenvalue weighted by Gasteiger charge is 1.78. The van der Waals surface area contributed by atoms with Gasteiger partial charge in [0, 0.05) is 6.42 Å². The number of hydrogen-bond acceptors (Lipinski definition) is 1. The Bertz CT molecular complexity index is 160. The molecule has 0 bridgehead atoms. The van der Waals surface area contributed by atoms with E-state index in [4.69, 9.17) is 11.2 Å². The quantitative estimate of drug-likeness (QED) is 0.331. The Morgan fingerprint density at radius 1 is 1.45 bits per heavy atom. The molecule has 1 heteroatoms.